The summed E-state index contributed by atoms with van der Waals surface area (Å²) in [5.41, 5.74) is 0.0389. The van der Waals surface area contributed by atoms with Crippen LogP contribution in [0.5, 0.6) is 0 Å². The van der Waals surface area contributed by atoms with Crippen molar-refractivity contribution < 1.29 is 22.0 Å². The summed E-state index contributed by atoms with van der Waals surface area (Å²) in [7, 11) is -3.94. The first-order valence-electron chi connectivity index (χ1n) is 9.02. The first kappa shape index (κ1) is 19.5. The molecule has 2 aromatic rings. The third kappa shape index (κ3) is 5.12. The van der Waals surface area contributed by atoms with Gasteiger partial charge in [0.2, 0.25) is 21.6 Å². The summed E-state index contributed by atoms with van der Waals surface area (Å²) in [6.07, 6.45) is 5.38. The maximum absolute atomic E-state index is 13.7. The number of carbonyl (C=O) groups is 1. The molecule has 0 saturated heterocycles. The highest BCUT2D eigenvalue weighted by molar-refractivity contribution is 7.90. The lowest BCUT2D eigenvalue weighted by Crippen LogP contribution is -2.33. The summed E-state index contributed by atoms with van der Waals surface area (Å²) in [6.45, 7) is 0.296. The van der Waals surface area contributed by atoms with E-state index in [4.69, 9.17) is 4.42 Å². The Morgan fingerprint density at radius 1 is 1.19 bits per heavy atom. The molecule has 1 N–H and O–H groups in total. The van der Waals surface area contributed by atoms with Crippen LogP contribution in [-0.4, -0.2) is 31.1 Å². The molecule has 1 aliphatic carbocycles. The number of benzene rings is 1. The van der Waals surface area contributed by atoms with Crippen LogP contribution in [0.15, 0.2) is 33.9 Å². The normalized spacial score (nSPS) is 15.6. The molecule has 1 heterocycles. The fourth-order valence-electron chi connectivity index (χ4n) is 3.15. The predicted molar refractivity (Wildman–Crippen MR) is 94.9 cm³/mol. The van der Waals surface area contributed by atoms with Gasteiger partial charge in [0.25, 0.3) is 0 Å². The summed E-state index contributed by atoms with van der Waals surface area (Å²) >= 11 is 0. The monoisotopic (exact) mass is 395 g/mol. The molecule has 1 fully saturated rings. The SMILES string of the molecule is O=C(NCCc1nnc(S(=O)(=O)Cc2ccccc2F)o1)C1CCCCC1. The number of hydrogen-bond donors (Lipinski definition) is 1. The molecule has 0 bridgehead atoms. The van der Waals surface area contributed by atoms with Gasteiger partial charge in [0, 0.05) is 24.4 Å². The number of aromatic nitrogens is 2. The second-order valence-electron chi connectivity index (χ2n) is 6.69. The molecule has 1 aromatic carbocycles. The quantitative estimate of drug-likeness (QED) is 0.772. The molecule has 7 nitrogen and oxygen atoms in total. The zero-order chi connectivity index (χ0) is 19.3. The fourth-order valence-corrected chi connectivity index (χ4v) is 4.30. The Morgan fingerprint density at radius 2 is 1.93 bits per heavy atom. The summed E-state index contributed by atoms with van der Waals surface area (Å²) in [5, 5.41) is 9.56. The van der Waals surface area contributed by atoms with Crippen molar-refractivity contribution in [1.29, 1.82) is 0 Å². The van der Waals surface area contributed by atoms with Crippen molar-refractivity contribution in [2.75, 3.05) is 6.54 Å². The van der Waals surface area contributed by atoms with Gasteiger partial charge in [0.05, 0.1) is 5.75 Å². The van der Waals surface area contributed by atoms with Crippen molar-refractivity contribution in [3.63, 3.8) is 0 Å². The maximum Gasteiger partial charge on any atom is 0.335 e. The third-order valence-electron chi connectivity index (χ3n) is 4.63. The van der Waals surface area contributed by atoms with Crippen molar-refractivity contribution in [1.82, 2.24) is 15.5 Å². The van der Waals surface area contributed by atoms with Crippen molar-refractivity contribution >= 4 is 15.7 Å². The minimum Gasteiger partial charge on any atom is -0.412 e. The van der Waals surface area contributed by atoms with E-state index in [1.807, 2.05) is 0 Å². The van der Waals surface area contributed by atoms with Gasteiger partial charge in [-0.2, -0.15) is 0 Å². The Labute approximate surface area is 157 Å². The fraction of sp³-hybridized carbons (Fsp3) is 0.500. The zero-order valence-corrected chi connectivity index (χ0v) is 15.7. The van der Waals surface area contributed by atoms with E-state index in [9.17, 15) is 17.6 Å². The number of hydrogen-bond acceptors (Lipinski definition) is 6. The molecule has 9 heteroatoms. The van der Waals surface area contributed by atoms with Crippen LogP contribution in [-0.2, 0) is 26.8 Å². The molecule has 0 spiro atoms. The van der Waals surface area contributed by atoms with Crippen LogP contribution >= 0.6 is 0 Å². The molecule has 1 saturated carbocycles. The molecule has 0 aliphatic heterocycles. The van der Waals surface area contributed by atoms with Crippen LogP contribution in [0.25, 0.3) is 0 Å². The predicted octanol–water partition coefficient (Wildman–Crippen LogP) is 2.42. The van der Waals surface area contributed by atoms with Crippen molar-refractivity contribution in [3.8, 4) is 0 Å². The van der Waals surface area contributed by atoms with Crippen molar-refractivity contribution in [2.45, 2.75) is 49.5 Å². The second kappa shape index (κ2) is 8.60. The third-order valence-corrected chi connectivity index (χ3v) is 6.02. The number of halogens is 1. The van der Waals surface area contributed by atoms with Crippen LogP contribution in [0.4, 0.5) is 4.39 Å². The lowest BCUT2D eigenvalue weighted by Gasteiger charge is -2.20. The smallest absolute Gasteiger partial charge is 0.335 e. The van der Waals surface area contributed by atoms with Gasteiger partial charge in [0.1, 0.15) is 5.82 Å². The minimum atomic E-state index is -3.94. The Morgan fingerprint density at radius 3 is 2.67 bits per heavy atom. The van der Waals surface area contributed by atoms with E-state index in [-0.39, 0.29) is 29.7 Å². The first-order valence-corrected chi connectivity index (χ1v) is 10.7. The largest absolute Gasteiger partial charge is 0.412 e. The number of rotatable bonds is 7. The van der Waals surface area contributed by atoms with Gasteiger partial charge < -0.3 is 9.73 Å². The van der Waals surface area contributed by atoms with E-state index in [0.717, 1.165) is 25.7 Å². The molecule has 3 rings (SSSR count). The molecule has 1 aromatic heterocycles. The zero-order valence-electron chi connectivity index (χ0n) is 14.9. The molecule has 0 radical (unpaired) electrons. The van der Waals surface area contributed by atoms with Crippen LogP contribution in [0.2, 0.25) is 0 Å². The average Bonchev–Trinajstić information content (AvgIpc) is 3.14. The molecular weight excluding hydrogens is 373 g/mol. The first-order chi connectivity index (χ1) is 13.0. The Hall–Kier alpha value is -2.29. The Bertz CT molecular complexity index is 892. The number of nitrogens with one attached hydrogen (secondary N) is 1. The van der Waals surface area contributed by atoms with Gasteiger partial charge in [-0.3, -0.25) is 4.79 Å². The van der Waals surface area contributed by atoms with Crippen LogP contribution in [0.3, 0.4) is 0 Å². The van der Waals surface area contributed by atoms with Crippen LogP contribution in [0.1, 0.15) is 43.6 Å². The standard InChI is InChI=1S/C18H22FN3O4S/c19-15-9-5-4-8-14(15)12-27(24,25)18-22-21-16(26-18)10-11-20-17(23)13-6-2-1-3-7-13/h4-5,8-9,13H,1-3,6-7,10-12H2,(H,20,23). The molecule has 27 heavy (non-hydrogen) atoms. The van der Waals surface area contributed by atoms with Crippen molar-refractivity contribution in [2.24, 2.45) is 5.92 Å². The van der Waals surface area contributed by atoms with Gasteiger partial charge >= 0.3 is 5.22 Å². The molecule has 1 aliphatic rings. The van der Waals surface area contributed by atoms with Gasteiger partial charge in [0.15, 0.2) is 0 Å². The van der Waals surface area contributed by atoms with E-state index in [0.29, 0.717) is 6.54 Å². The average molecular weight is 395 g/mol. The summed E-state index contributed by atoms with van der Waals surface area (Å²) in [4.78, 5) is 12.1. The van der Waals surface area contributed by atoms with Crippen LogP contribution < -0.4 is 5.32 Å². The molecule has 0 unspecified atom stereocenters. The van der Waals surface area contributed by atoms with Gasteiger partial charge in [-0.1, -0.05) is 42.6 Å². The Balaban J connectivity index is 1.54. The highest BCUT2D eigenvalue weighted by Gasteiger charge is 2.25. The van der Waals surface area contributed by atoms with E-state index in [2.05, 4.69) is 15.5 Å². The highest BCUT2D eigenvalue weighted by Crippen LogP contribution is 2.23. The topological polar surface area (TPSA) is 102 Å². The van der Waals surface area contributed by atoms with Crippen LogP contribution in [0, 0.1) is 11.7 Å². The summed E-state index contributed by atoms with van der Waals surface area (Å²) < 4.78 is 43.5. The number of nitrogens with zero attached hydrogens (tertiary/aromatic N) is 2. The lowest BCUT2D eigenvalue weighted by atomic mass is 9.89. The van der Waals surface area contributed by atoms with E-state index in [1.165, 1.54) is 24.6 Å². The second-order valence-corrected chi connectivity index (χ2v) is 8.56. The minimum absolute atomic E-state index is 0.0154. The van der Waals surface area contributed by atoms with Gasteiger partial charge in [-0.05, 0) is 18.9 Å². The summed E-state index contributed by atoms with van der Waals surface area (Å²) in [5.74, 6) is -0.975. The molecule has 146 valence electrons. The number of carbonyl (C=O) groups excluding carboxylic acids is 1. The highest BCUT2D eigenvalue weighted by atomic mass is 32.2. The van der Waals surface area contributed by atoms with E-state index < -0.39 is 26.6 Å². The molecule has 1 amide bonds. The maximum atomic E-state index is 13.7. The molecular formula is C18H22FN3O4S. The van der Waals surface area contributed by atoms with Gasteiger partial charge in [-0.15, -0.1) is 5.10 Å². The van der Waals surface area contributed by atoms with E-state index in [1.54, 1.807) is 6.07 Å². The Kier molecular flexibility index (Phi) is 6.20. The lowest BCUT2D eigenvalue weighted by molar-refractivity contribution is -0.125. The summed E-state index contributed by atoms with van der Waals surface area (Å²) in [6, 6.07) is 5.63. The van der Waals surface area contributed by atoms with E-state index >= 15 is 0 Å². The number of amides is 1. The van der Waals surface area contributed by atoms with Crippen molar-refractivity contribution in [3.05, 3.63) is 41.5 Å². The van der Waals surface area contributed by atoms with Gasteiger partial charge in [-0.25, -0.2) is 12.8 Å². The molecule has 0 atom stereocenters. The number of sulfone groups is 1.